The fraction of sp³-hybridized carbons (Fsp3) is 0.100. The molecule has 0 radical (unpaired) electrons. The third kappa shape index (κ3) is 3.67. The van der Waals surface area contributed by atoms with Crippen molar-refractivity contribution in [3.63, 3.8) is 0 Å². The lowest BCUT2D eigenvalue weighted by molar-refractivity contribution is 0.304. The van der Waals surface area contributed by atoms with Gasteiger partial charge in [0.05, 0.1) is 0 Å². The third-order valence-corrected chi connectivity index (χ3v) is 3.38. The van der Waals surface area contributed by atoms with Crippen molar-refractivity contribution >= 4 is 0 Å². The lowest BCUT2D eigenvalue weighted by atomic mass is 10.2. The Hall–Kier alpha value is -2.74. The molecule has 22 heavy (non-hydrogen) atoms. The Morgan fingerprint density at radius 3 is 2.27 bits per heavy atom. The van der Waals surface area contributed by atoms with E-state index < -0.39 is 0 Å². The van der Waals surface area contributed by atoms with Gasteiger partial charge in [0.15, 0.2) is 0 Å². The van der Waals surface area contributed by atoms with Crippen LogP contribution in [0.4, 0.5) is 0 Å². The summed E-state index contributed by atoms with van der Waals surface area (Å²) in [5, 5.41) is 0. The molecule has 110 valence electrons. The molecule has 0 bridgehead atoms. The van der Waals surface area contributed by atoms with Crippen LogP contribution in [0.15, 0.2) is 78.9 Å². The Morgan fingerprint density at radius 1 is 0.727 bits per heavy atom. The molecule has 0 heterocycles. The van der Waals surface area contributed by atoms with E-state index in [9.17, 15) is 0 Å². The zero-order chi connectivity index (χ0) is 15.2. The first-order valence-electron chi connectivity index (χ1n) is 7.31. The number of ether oxygens (including phenoxy) is 2. The van der Waals surface area contributed by atoms with Gasteiger partial charge in [0.1, 0.15) is 23.9 Å². The number of benzene rings is 3. The molecule has 0 saturated carbocycles. The van der Waals surface area contributed by atoms with Gasteiger partial charge in [-0.3, -0.25) is 0 Å². The van der Waals surface area contributed by atoms with Gasteiger partial charge < -0.3 is 9.47 Å². The number of rotatable bonds is 5. The summed E-state index contributed by atoms with van der Waals surface area (Å²) in [4.78, 5) is 0. The predicted molar refractivity (Wildman–Crippen MR) is 88.5 cm³/mol. The lowest BCUT2D eigenvalue weighted by Crippen LogP contribution is -1.95. The van der Waals surface area contributed by atoms with Crippen LogP contribution < -0.4 is 9.47 Å². The highest BCUT2D eigenvalue weighted by Crippen LogP contribution is 2.27. The first kappa shape index (κ1) is 14.2. The van der Waals surface area contributed by atoms with Crippen LogP contribution in [-0.4, -0.2) is 0 Å². The van der Waals surface area contributed by atoms with Crippen molar-refractivity contribution in [3.05, 3.63) is 90.0 Å². The van der Waals surface area contributed by atoms with E-state index in [-0.39, 0.29) is 0 Å². The first-order chi connectivity index (χ1) is 10.8. The molecule has 2 nitrogen and oxygen atoms in total. The highest BCUT2D eigenvalue weighted by molar-refractivity contribution is 5.39. The molecule has 0 aliphatic carbocycles. The Bertz CT molecular complexity index is 735. The molecule has 0 amide bonds. The highest BCUT2D eigenvalue weighted by atomic mass is 16.5. The second-order valence-electron chi connectivity index (χ2n) is 5.12. The maximum Gasteiger partial charge on any atom is 0.131 e. The van der Waals surface area contributed by atoms with Gasteiger partial charge in [0.25, 0.3) is 0 Å². The van der Waals surface area contributed by atoms with Crippen LogP contribution in [0.5, 0.6) is 17.2 Å². The summed E-state index contributed by atoms with van der Waals surface area (Å²) in [6.45, 7) is 2.58. The van der Waals surface area contributed by atoms with Crippen molar-refractivity contribution in [1.82, 2.24) is 0 Å². The average Bonchev–Trinajstić information content (AvgIpc) is 2.57. The van der Waals surface area contributed by atoms with E-state index in [0.29, 0.717) is 6.61 Å². The fourth-order valence-corrected chi connectivity index (χ4v) is 2.17. The molecule has 3 aromatic rings. The van der Waals surface area contributed by atoms with Crippen LogP contribution in [0, 0.1) is 6.92 Å². The Labute approximate surface area is 131 Å². The van der Waals surface area contributed by atoms with Crippen molar-refractivity contribution in [2.75, 3.05) is 0 Å². The van der Waals surface area contributed by atoms with Crippen LogP contribution in [0.25, 0.3) is 0 Å². The summed E-state index contributed by atoms with van der Waals surface area (Å²) < 4.78 is 11.7. The standard InChI is InChI=1S/C20H18O2/c1-16-8-5-6-13-20(16)22-19-12-7-11-18(14-19)21-15-17-9-3-2-4-10-17/h2-14H,15H2,1H3. The van der Waals surface area contributed by atoms with E-state index in [1.54, 1.807) is 0 Å². The smallest absolute Gasteiger partial charge is 0.131 e. The second-order valence-corrected chi connectivity index (χ2v) is 5.12. The van der Waals surface area contributed by atoms with E-state index in [1.165, 1.54) is 0 Å². The van der Waals surface area contributed by atoms with Crippen molar-refractivity contribution < 1.29 is 9.47 Å². The summed E-state index contributed by atoms with van der Waals surface area (Å²) in [7, 11) is 0. The van der Waals surface area contributed by atoms with Crippen LogP contribution in [0.1, 0.15) is 11.1 Å². The Balaban J connectivity index is 1.69. The van der Waals surface area contributed by atoms with Crippen molar-refractivity contribution in [1.29, 1.82) is 0 Å². The van der Waals surface area contributed by atoms with Gasteiger partial charge in [-0.25, -0.2) is 0 Å². The molecule has 0 atom stereocenters. The first-order valence-corrected chi connectivity index (χ1v) is 7.31. The number of hydrogen-bond acceptors (Lipinski definition) is 2. The summed E-state index contributed by atoms with van der Waals surface area (Å²) in [6, 6.07) is 25.8. The van der Waals surface area contributed by atoms with Gasteiger partial charge in [-0.15, -0.1) is 0 Å². The SMILES string of the molecule is Cc1ccccc1Oc1cccc(OCc2ccccc2)c1. The van der Waals surface area contributed by atoms with Gasteiger partial charge in [0, 0.05) is 6.07 Å². The second kappa shape index (κ2) is 6.81. The minimum absolute atomic E-state index is 0.550. The molecule has 3 aromatic carbocycles. The maximum absolute atomic E-state index is 5.92. The summed E-state index contributed by atoms with van der Waals surface area (Å²) in [5.74, 6) is 2.44. The van der Waals surface area contributed by atoms with Gasteiger partial charge in [-0.2, -0.15) is 0 Å². The van der Waals surface area contributed by atoms with Crippen molar-refractivity contribution in [3.8, 4) is 17.2 Å². The predicted octanol–water partition coefficient (Wildman–Crippen LogP) is 5.37. The summed E-state index contributed by atoms with van der Waals surface area (Å²) in [6.07, 6.45) is 0. The molecular weight excluding hydrogens is 272 g/mol. The molecule has 2 heteroatoms. The summed E-state index contributed by atoms with van der Waals surface area (Å²) >= 11 is 0. The fourth-order valence-electron chi connectivity index (χ4n) is 2.17. The number of hydrogen-bond donors (Lipinski definition) is 0. The van der Waals surface area contributed by atoms with Crippen LogP contribution >= 0.6 is 0 Å². The van der Waals surface area contributed by atoms with E-state index >= 15 is 0 Å². The Morgan fingerprint density at radius 2 is 1.45 bits per heavy atom. The molecule has 0 N–H and O–H groups in total. The summed E-state index contributed by atoms with van der Waals surface area (Å²) in [5.41, 5.74) is 2.26. The Kier molecular flexibility index (Phi) is 4.40. The molecule has 0 aliphatic rings. The molecule has 0 aromatic heterocycles. The zero-order valence-corrected chi connectivity index (χ0v) is 12.5. The molecule has 0 unspecified atom stereocenters. The zero-order valence-electron chi connectivity index (χ0n) is 12.5. The van der Waals surface area contributed by atoms with Gasteiger partial charge in [-0.1, -0.05) is 54.6 Å². The molecule has 0 saturated heterocycles. The minimum Gasteiger partial charge on any atom is -0.489 e. The molecule has 0 aliphatic heterocycles. The van der Waals surface area contributed by atoms with Gasteiger partial charge >= 0.3 is 0 Å². The maximum atomic E-state index is 5.92. The monoisotopic (exact) mass is 290 g/mol. The third-order valence-electron chi connectivity index (χ3n) is 3.38. The van der Waals surface area contributed by atoms with Gasteiger partial charge in [-0.05, 0) is 36.2 Å². The van der Waals surface area contributed by atoms with E-state index in [1.807, 2.05) is 85.8 Å². The minimum atomic E-state index is 0.550. The van der Waals surface area contributed by atoms with E-state index in [0.717, 1.165) is 28.4 Å². The van der Waals surface area contributed by atoms with Crippen LogP contribution in [0.2, 0.25) is 0 Å². The normalized spacial score (nSPS) is 10.2. The molecule has 3 rings (SSSR count). The molecular formula is C20H18O2. The van der Waals surface area contributed by atoms with E-state index in [4.69, 9.17) is 9.47 Å². The van der Waals surface area contributed by atoms with Crippen LogP contribution in [-0.2, 0) is 6.61 Å². The molecule has 0 fully saturated rings. The number of aryl methyl sites for hydroxylation is 1. The topological polar surface area (TPSA) is 18.5 Å². The quantitative estimate of drug-likeness (QED) is 0.629. The van der Waals surface area contributed by atoms with E-state index in [2.05, 4.69) is 0 Å². The van der Waals surface area contributed by atoms with Crippen molar-refractivity contribution in [2.45, 2.75) is 13.5 Å². The highest BCUT2D eigenvalue weighted by Gasteiger charge is 2.02. The van der Waals surface area contributed by atoms with Crippen LogP contribution in [0.3, 0.4) is 0 Å². The largest absolute Gasteiger partial charge is 0.489 e. The number of para-hydroxylation sites is 1. The molecule has 0 spiro atoms. The van der Waals surface area contributed by atoms with Gasteiger partial charge in [0.2, 0.25) is 0 Å². The lowest BCUT2D eigenvalue weighted by Gasteiger charge is -2.11. The van der Waals surface area contributed by atoms with Crippen molar-refractivity contribution in [2.24, 2.45) is 0 Å². The average molecular weight is 290 g/mol.